The van der Waals surface area contributed by atoms with Crippen molar-refractivity contribution >= 4 is 17.1 Å². The Balaban J connectivity index is 1.87. The predicted octanol–water partition coefficient (Wildman–Crippen LogP) is 1.18. The minimum Gasteiger partial charge on any atom is -0.369 e. The third-order valence-electron chi connectivity index (χ3n) is 5.05. The standard InChI is InChI=1S/C14H22N6/c1-3-10-12-13(18(2)17-10)20(14(15)16-12)11-8-19-6-4-9(11)5-7-19/h9,11H,3-8H2,1-2H3,(H2,15,16). The first-order chi connectivity index (χ1) is 9.69. The molecule has 108 valence electrons. The summed E-state index contributed by atoms with van der Waals surface area (Å²) < 4.78 is 4.20. The van der Waals surface area contributed by atoms with Crippen molar-refractivity contribution in [2.45, 2.75) is 32.2 Å². The molecule has 5 heterocycles. The van der Waals surface area contributed by atoms with E-state index in [-0.39, 0.29) is 0 Å². The number of hydrogen-bond donors (Lipinski definition) is 1. The average molecular weight is 274 g/mol. The van der Waals surface area contributed by atoms with Crippen LogP contribution in [0.2, 0.25) is 0 Å². The minimum absolute atomic E-state index is 0.461. The van der Waals surface area contributed by atoms with Gasteiger partial charge in [-0.15, -0.1) is 0 Å². The summed E-state index contributed by atoms with van der Waals surface area (Å²) in [7, 11) is 2.00. The molecule has 3 aliphatic rings. The lowest BCUT2D eigenvalue weighted by atomic mass is 9.84. The second kappa shape index (κ2) is 4.22. The molecule has 0 spiro atoms. The van der Waals surface area contributed by atoms with Crippen LogP contribution in [-0.4, -0.2) is 43.9 Å². The van der Waals surface area contributed by atoms with Gasteiger partial charge < -0.3 is 10.6 Å². The molecule has 6 heteroatoms. The van der Waals surface area contributed by atoms with Crippen molar-refractivity contribution < 1.29 is 0 Å². The number of rotatable bonds is 2. The smallest absolute Gasteiger partial charge is 0.202 e. The molecular formula is C14H22N6. The van der Waals surface area contributed by atoms with Gasteiger partial charge >= 0.3 is 0 Å². The fourth-order valence-corrected chi connectivity index (χ4v) is 4.01. The number of imidazole rings is 1. The molecule has 2 aromatic heterocycles. The number of hydrogen-bond acceptors (Lipinski definition) is 4. The summed E-state index contributed by atoms with van der Waals surface area (Å²) in [6, 6.07) is 0.461. The summed E-state index contributed by atoms with van der Waals surface area (Å²) in [6.07, 6.45) is 3.46. The Morgan fingerprint density at radius 3 is 2.65 bits per heavy atom. The van der Waals surface area contributed by atoms with Gasteiger partial charge in [-0.25, -0.2) is 4.98 Å². The monoisotopic (exact) mass is 274 g/mol. The molecule has 6 nitrogen and oxygen atoms in total. The van der Waals surface area contributed by atoms with Crippen LogP contribution in [-0.2, 0) is 13.5 Å². The lowest BCUT2D eigenvalue weighted by Gasteiger charge is -2.45. The number of nitrogen functional groups attached to an aromatic ring is 1. The largest absolute Gasteiger partial charge is 0.369 e. The van der Waals surface area contributed by atoms with Gasteiger partial charge in [-0.3, -0.25) is 9.25 Å². The van der Waals surface area contributed by atoms with Crippen molar-refractivity contribution in [1.29, 1.82) is 0 Å². The van der Waals surface area contributed by atoms with E-state index in [1.807, 2.05) is 11.7 Å². The number of aromatic nitrogens is 4. The van der Waals surface area contributed by atoms with E-state index in [1.165, 1.54) is 25.9 Å². The highest BCUT2D eigenvalue weighted by Gasteiger charge is 2.37. The van der Waals surface area contributed by atoms with E-state index in [0.717, 1.165) is 35.7 Å². The van der Waals surface area contributed by atoms with E-state index in [2.05, 4.69) is 26.5 Å². The Morgan fingerprint density at radius 2 is 2.05 bits per heavy atom. The van der Waals surface area contributed by atoms with Gasteiger partial charge in [0.2, 0.25) is 5.95 Å². The van der Waals surface area contributed by atoms with E-state index >= 15 is 0 Å². The maximum absolute atomic E-state index is 6.25. The summed E-state index contributed by atoms with van der Waals surface area (Å²) in [5.41, 5.74) is 9.38. The van der Waals surface area contributed by atoms with Crippen LogP contribution in [0.5, 0.6) is 0 Å². The topological polar surface area (TPSA) is 64.9 Å². The average Bonchev–Trinajstić information content (AvgIpc) is 2.96. The first-order valence-corrected chi connectivity index (χ1v) is 7.60. The van der Waals surface area contributed by atoms with Gasteiger partial charge in [-0.2, -0.15) is 5.10 Å². The Bertz CT molecular complexity index is 646. The first kappa shape index (κ1) is 12.2. The van der Waals surface area contributed by atoms with Crippen LogP contribution >= 0.6 is 0 Å². The number of fused-ring (bicyclic) bond motifs is 4. The second-order valence-electron chi connectivity index (χ2n) is 6.14. The molecule has 5 rings (SSSR count). The Hall–Kier alpha value is -1.56. The first-order valence-electron chi connectivity index (χ1n) is 7.60. The number of anilines is 1. The van der Waals surface area contributed by atoms with Gasteiger partial charge in [-0.1, -0.05) is 6.92 Å². The molecule has 0 radical (unpaired) electrons. The summed E-state index contributed by atoms with van der Waals surface area (Å²) >= 11 is 0. The van der Waals surface area contributed by atoms with Crippen molar-refractivity contribution in [2.24, 2.45) is 13.0 Å². The summed E-state index contributed by atoms with van der Waals surface area (Å²) in [6.45, 7) is 5.70. The van der Waals surface area contributed by atoms with Crippen LogP contribution in [0.25, 0.3) is 11.2 Å². The number of aryl methyl sites for hydroxylation is 2. The summed E-state index contributed by atoms with van der Waals surface area (Å²) in [4.78, 5) is 7.15. The van der Waals surface area contributed by atoms with Gasteiger partial charge in [-0.05, 0) is 38.3 Å². The van der Waals surface area contributed by atoms with Crippen LogP contribution in [0, 0.1) is 5.92 Å². The number of piperidine rings is 3. The fraction of sp³-hybridized carbons (Fsp3) is 0.714. The maximum Gasteiger partial charge on any atom is 0.202 e. The highest BCUT2D eigenvalue weighted by Crippen LogP contribution is 2.39. The van der Waals surface area contributed by atoms with E-state index < -0.39 is 0 Å². The Kier molecular flexibility index (Phi) is 2.57. The van der Waals surface area contributed by atoms with Crippen molar-refractivity contribution in [3.05, 3.63) is 5.69 Å². The molecular weight excluding hydrogens is 252 g/mol. The number of nitrogens with zero attached hydrogens (tertiary/aromatic N) is 5. The molecule has 0 aromatic carbocycles. The SMILES string of the molecule is CCc1nn(C)c2c1nc(N)n2C1CN2CCC1CC2. The lowest BCUT2D eigenvalue weighted by Crippen LogP contribution is -2.48. The summed E-state index contributed by atoms with van der Waals surface area (Å²) in [5, 5.41) is 4.59. The molecule has 0 amide bonds. The van der Waals surface area contributed by atoms with Crippen molar-refractivity contribution in [2.75, 3.05) is 25.4 Å². The number of nitrogens with two attached hydrogens (primary N) is 1. The Labute approximate surface area is 118 Å². The molecule has 2 N–H and O–H groups in total. The highest BCUT2D eigenvalue weighted by atomic mass is 15.4. The zero-order valence-corrected chi connectivity index (χ0v) is 12.2. The molecule has 2 aromatic rings. The van der Waals surface area contributed by atoms with Crippen molar-refractivity contribution in [1.82, 2.24) is 24.2 Å². The quantitative estimate of drug-likeness (QED) is 0.893. The van der Waals surface area contributed by atoms with E-state index in [9.17, 15) is 0 Å². The van der Waals surface area contributed by atoms with E-state index in [0.29, 0.717) is 12.0 Å². The van der Waals surface area contributed by atoms with Gasteiger partial charge in [0.15, 0.2) is 5.65 Å². The lowest BCUT2D eigenvalue weighted by molar-refractivity contribution is 0.0593. The van der Waals surface area contributed by atoms with E-state index in [1.54, 1.807) is 0 Å². The molecule has 0 saturated carbocycles. The Morgan fingerprint density at radius 1 is 1.30 bits per heavy atom. The van der Waals surface area contributed by atoms with Crippen LogP contribution in [0.4, 0.5) is 5.95 Å². The van der Waals surface area contributed by atoms with Crippen LogP contribution < -0.4 is 5.73 Å². The normalized spacial score (nSPS) is 29.4. The van der Waals surface area contributed by atoms with Gasteiger partial charge in [0.25, 0.3) is 0 Å². The van der Waals surface area contributed by atoms with Gasteiger partial charge in [0.05, 0.1) is 11.7 Å². The zero-order valence-electron chi connectivity index (χ0n) is 12.2. The van der Waals surface area contributed by atoms with Gasteiger partial charge in [0.1, 0.15) is 5.52 Å². The maximum atomic E-state index is 6.25. The predicted molar refractivity (Wildman–Crippen MR) is 78.5 cm³/mol. The van der Waals surface area contributed by atoms with Crippen LogP contribution in [0.1, 0.15) is 31.5 Å². The van der Waals surface area contributed by atoms with Crippen molar-refractivity contribution in [3.8, 4) is 0 Å². The highest BCUT2D eigenvalue weighted by molar-refractivity contribution is 5.78. The molecule has 0 aliphatic carbocycles. The molecule has 1 unspecified atom stereocenters. The van der Waals surface area contributed by atoms with Gasteiger partial charge in [0, 0.05) is 13.6 Å². The fourth-order valence-electron chi connectivity index (χ4n) is 4.01. The molecule has 3 fully saturated rings. The van der Waals surface area contributed by atoms with Crippen LogP contribution in [0.3, 0.4) is 0 Å². The summed E-state index contributed by atoms with van der Waals surface area (Å²) in [5.74, 6) is 1.39. The molecule has 3 aliphatic heterocycles. The molecule has 2 bridgehead atoms. The zero-order chi connectivity index (χ0) is 13.9. The second-order valence-corrected chi connectivity index (χ2v) is 6.14. The third kappa shape index (κ3) is 1.54. The van der Waals surface area contributed by atoms with E-state index in [4.69, 9.17) is 5.73 Å². The van der Waals surface area contributed by atoms with Crippen molar-refractivity contribution in [3.63, 3.8) is 0 Å². The molecule has 1 atom stereocenters. The molecule has 20 heavy (non-hydrogen) atoms. The minimum atomic E-state index is 0.461. The van der Waals surface area contributed by atoms with Crippen LogP contribution in [0.15, 0.2) is 0 Å². The molecule has 3 saturated heterocycles. The third-order valence-corrected chi connectivity index (χ3v) is 5.05.